The van der Waals surface area contributed by atoms with Gasteiger partial charge in [0.2, 0.25) is 0 Å². The van der Waals surface area contributed by atoms with Gasteiger partial charge in [-0.15, -0.1) is 0 Å². The second-order valence-corrected chi connectivity index (χ2v) is 2.89. The van der Waals surface area contributed by atoms with E-state index in [9.17, 15) is 0 Å². The highest BCUT2D eigenvalue weighted by Crippen LogP contribution is 1.88. The van der Waals surface area contributed by atoms with E-state index in [1.807, 2.05) is 13.8 Å². The molecular weight excluding hydrogens is 160 g/mol. The van der Waals surface area contributed by atoms with Crippen molar-refractivity contribution in [1.29, 1.82) is 0 Å². The quantitative estimate of drug-likeness (QED) is 0.679. The van der Waals surface area contributed by atoms with Crippen molar-refractivity contribution in [3.8, 4) is 0 Å². The Kier molecular flexibility index (Phi) is 17.1. The zero-order chi connectivity index (χ0) is 10.5. The summed E-state index contributed by atoms with van der Waals surface area (Å²) in [5.74, 6) is 0. The first kappa shape index (κ1) is 15.4. The third-order valence-corrected chi connectivity index (χ3v) is 1.66. The van der Waals surface area contributed by atoms with E-state index in [0.29, 0.717) is 0 Å². The lowest BCUT2D eigenvalue weighted by molar-refractivity contribution is 0.253. The Morgan fingerprint density at radius 2 is 1.38 bits per heavy atom. The Balaban J connectivity index is 0. The highest BCUT2D eigenvalue weighted by atomic mass is 15.2. The van der Waals surface area contributed by atoms with E-state index in [0.717, 1.165) is 0 Å². The largest absolute Gasteiger partial charge is 0.314 e. The van der Waals surface area contributed by atoms with Crippen LogP contribution in [0.15, 0.2) is 0 Å². The Bertz CT molecular complexity index is 68.5. The van der Waals surface area contributed by atoms with Crippen LogP contribution in [0, 0.1) is 0 Å². The van der Waals surface area contributed by atoms with E-state index < -0.39 is 0 Å². The highest BCUT2D eigenvalue weighted by molar-refractivity contribution is 4.64. The third kappa shape index (κ3) is 11.9. The number of rotatable bonds is 1. The van der Waals surface area contributed by atoms with Crippen LogP contribution in [-0.4, -0.2) is 37.6 Å². The molecule has 1 rings (SSSR count). The van der Waals surface area contributed by atoms with Crippen molar-refractivity contribution in [2.75, 3.05) is 32.7 Å². The maximum atomic E-state index is 3.31. The summed E-state index contributed by atoms with van der Waals surface area (Å²) in [6, 6.07) is 0. The van der Waals surface area contributed by atoms with Gasteiger partial charge in [0.25, 0.3) is 0 Å². The average Bonchev–Trinajstić information content (AvgIpc) is 2.23. The SMILES string of the molecule is CC.CCC.CCN1CCNCC1. The molecule has 1 aliphatic rings. The lowest BCUT2D eigenvalue weighted by atomic mass is 10.4. The molecule has 2 heteroatoms. The molecule has 1 heterocycles. The zero-order valence-electron chi connectivity index (χ0n) is 10.2. The van der Waals surface area contributed by atoms with E-state index in [-0.39, 0.29) is 0 Å². The van der Waals surface area contributed by atoms with Crippen LogP contribution < -0.4 is 5.32 Å². The van der Waals surface area contributed by atoms with Gasteiger partial charge in [0, 0.05) is 26.2 Å². The van der Waals surface area contributed by atoms with Crippen molar-refractivity contribution < 1.29 is 0 Å². The summed E-state index contributed by atoms with van der Waals surface area (Å²) in [5, 5.41) is 3.31. The first-order chi connectivity index (χ1) is 6.35. The van der Waals surface area contributed by atoms with Crippen molar-refractivity contribution in [2.24, 2.45) is 0 Å². The lowest BCUT2D eigenvalue weighted by Gasteiger charge is -2.25. The minimum Gasteiger partial charge on any atom is -0.314 e. The molecule has 1 saturated heterocycles. The van der Waals surface area contributed by atoms with Crippen LogP contribution in [0.4, 0.5) is 0 Å². The fourth-order valence-corrected chi connectivity index (χ4v) is 1.03. The Morgan fingerprint density at radius 1 is 1.00 bits per heavy atom. The summed E-state index contributed by atoms with van der Waals surface area (Å²) in [6.07, 6.45) is 1.25. The molecule has 0 radical (unpaired) electrons. The average molecular weight is 188 g/mol. The van der Waals surface area contributed by atoms with Crippen LogP contribution in [0.2, 0.25) is 0 Å². The van der Waals surface area contributed by atoms with E-state index in [1.165, 1.54) is 39.1 Å². The number of hydrogen-bond acceptors (Lipinski definition) is 2. The molecule has 0 saturated carbocycles. The van der Waals surface area contributed by atoms with Crippen molar-refractivity contribution in [3.63, 3.8) is 0 Å². The monoisotopic (exact) mass is 188 g/mol. The van der Waals surface area contributed by atoms with Gasteiger partial charge in [-0.2, -0.15) is 0 Å². The number of likely N-dealkylation sites (N-methyl/N-ethyl adjacent to an activating group) is 1. The summed E-state index contributed by atoms with van der Waals surface area (Å²) >= 11 is 0. The fraction of sp³-hybridized carbons (Fsp3) is 1.00. The molecule has 13 heavy (non-hydrogen) atoms. The topological polar surface area (TPSA) is 15.3 Å². The predicted molar refractivity (Wildman–Crippen MR) is 62.3 cm³/mol. The Morgan fingerprint density at radius 3 is 1.62 bits per heavy atom. The first-order valence-corrected chi connectivity index (χ1v) is 5.78. The molecule has 0 aromatic rings. The van der Waals surface area contributed by atoms with E-state index in [1.54, 1.807) is 0 Å². The molecule has 2 nitrogen and oxygen atoms in total. The van der Waals surface area contributed by atoms with Gasteiger partial charge in [0.15, 0.2) is 0 Å². The van der Waals surface area contributed by atoms with Crippen LogP contribution in [0.25, 0.3) is 0 Å². The maximum absolute atomic E-state index is 3.31. The molecule has 1 N–H and O–H groups in total. The van der Waals surface area contributed by atoms with Gasteiger partial charge in [-0.25, -0.2) is 0 Å². The molecule has 0 unspecified atom stereocenters. The van der Waals surface area contributed by atoms with Crippen LogP contribution in [0.3, 0.4) is 0 Å². The highest BCUT2D eigenvalue weighted by Gasteiger charge is 2.04. The standard InChI is InChI=1S/C6H14N2.C3H8.C2H6/c1-2-8-5-3-7-4-6-8;1-3-2;1-2/h7H,2-6H2,1H3;3H2,1-2H3;1-2H3. The van der Waals surface area contributed by atoms with E-state index in [4.69, 9.17) is 0 Å². The molecule has 0 atom stereocenters. The van der Waals surface area contributed by atoms with Gasteiger partial charge in [-0.1, -0.05) is 41.0 Å². The van der Waals surface area contributed by atoms with Crippen LogP contribution in [0.5, 0.6) is 0 Å². The van der Waals surface area contributed by atoms with Crippen molar-refractivity contribution in [1.82, 2.24) is 10.2 Å². The van der Waals surface area contributed by atoms with Gasteiger partial charge in [0.1, 0.15) is 0 Å². The smallest absolute Gasteiger partial charge is 0.0107 e. The van der Waals surface area contributed by atoms with Gasteiger partial charge < -0.3 is 10.2 Å². The number of hydrogen-bond donors (Lipinski definition) is 1. The third-order valence-electron chi connectivity index (χ3n) is 1.66. The predicted octanol–water partition coefficient (Wildman–Crippen LogP) is 2.35. The van der Waals surface area contributed by atoms with Crippen molar-refractivity contribution in [3.05, 3.63) is 0 Å². The Labute approximate surface area is 84.7 Å². The van der Waals surface area contributed by atoms with Gasteiger partial charge in [0.05, 0.1) is 0 Å². The number of nitrogens with zero attached hydrogens (tertiary/aromatic N) is 1. The minimum atomic E-state index is 1.17. The molecule has 1 fully saturated rings. The second-order valence-electron chi connectivity index (χ2n) is 2.89. The summed E-state index contributed by atoms with van der Waals surface area (Å²) in [4.78, 5) is 2.45. The fourth-order valence-electron chi connectivity index (χ4n) is 1.03. The zero-order valence-corrected chi connectivity index (χ0v) is 10.2. The maximum Gasteiger partial charge on any atom is 0.0107 e. The van der Waals surface area contributed by atoms with Crippen LogP contribution >= 0.6 is 0 Å². The number of nitrogens with one attached hydrogen (secondary N) is 1. The summed E-state index contributed by atoms with van der Waals surface area (Å²) in [7, 11) is 0. The molecule has 1 aliphatic heterocycles. The van der Waals surface area contributed by atoms with Crippen LogP contribution in [-0.2, 0) is 0 Å². The molecule has 0 amide bonds. The van der Waals surface area contributed by atoms with Gasteiger partial charge in [-0.05, 0) is 6.54 Å². The van der Waals surface area contributed by atoms with Crippen molar-refractivity contribution >= 4 is 0 Å². The molecule has 82 valence electrons. The summed E-state index contributed by atoms with van der Waals surface area (Å²) < 4.78 is 0. The first-order valence-electron chi connectivity index (χ1n) is 5.78. The molecule has 0 spiro atoms. The lowest BCUT2D eigenvalue weighted by Crippen LogP contribution is -2.43. The van der Waals surface area contributed by atoms with E-state index >= 15 is 0 Å². The molecule has 0 aromatic heterocycles. The second kappa shape index (κ2) is 14.4. The molecular formula is C11H28N2. The van der Waals surface area contributed by atoms with Crippen LogP contribution in [0.1, 0.15) is 41.0 Å². The molecule has 0 bridgehead atoms. The Hall–Kier alpha value is -0.0800. The van der Waals surface area contributed by atoms with Crippen molar-refractivity contribution in [2.45, 2.75) is 41.0 Å². The number of piperazine rings is 1. The van der Waals surface area contributed by atoms with Gasteiger partial charge >= 0.3 is 0 Å². The summed E-state index contributed by atoms with van der Waals surface area (Å²) in [5.41, 5.74) is 0. The normalized spacial score (nSPS) is 16.4. The van der Waals surface area contributed by atoms with E-state index in [2.05, 4.69) is 31.0 Å². The molecule has 0 aliphatic carbocycles. The summed E-state index contributed by atoms with van der Waals surface area (Å²) in [6.45, 7) is 16.5. The molecule has 0 aromatic carbocycles. The van der Waals surface area contributed by atoms with Gasteiger partial charge in [-0.3, -0.25) is 0 Å². The minimum absolute atomic E-state index is 1.17.